The first-order chi connectivity index (χ1) is 10.1. The van der Waals surface area contributed by atoms with E-state index in [0.717, 1.165) is 21.8 Å². The normalized spacial score (nSPS) is 11.4. The average molecular weight is 299 g/mol. The van der Waals surface area contributed by atoms with Crippen LogP contribution in [-0.4, -0.2) is 19.7 Å². The second kappa shape index (κ2) is 5.73. The fourth-order valence-corrected chi connectivity index (χ4v) is 3.25. The van der Waals surface area contributed by atoms with E-state index in [4.69, 9.17) is 5.73 Å². The zero-order valence-corrected chi connectivity index (χ0v) is 12.8. The van der Waals surface area contributed by atoms with Gasteiger partial charge in [-0.05, 0) is 37.6 Å². The molecule has 0 atom stereocenters. The first kappa shape index (κ1) is 13.9. The number of rotatable bonds is 4. The number of pyridine rings is 1. The summed E-state index contributed by atoms with van der Waals surface area (Å²) in [4.78, 5) is 4.33. The molecule has 0 radical (unpaired) electrons. The number of nitrogens with two attached hydrogens (primary N) is 1. The highest BCUT2D eigenvalue weighted by atomic mass is 32.2. The lowest BCUT2D eigenvalue weighted by Gasteiger charge is -2.11. The SMILES string of the molecule is CC(C)n1c(N)nnc1SCc1ccc2ncccc2c1. The van der Waals surface area contributed by atoms with E-state index in [1.54, 1.807) is 11.8 Å². The fraction of sp³-hybridized carbons (Fsp3) is 0.267. The number of anilines is 1. The van der Waals surface area contributed by atoms with Gasteiger partial charge in [-0.2, -0.15) is 0 Å². The molecular formula is C15H17N5S. The summed E-state index contributed by atoms with van der Waals surface area (Å²) in [5, 5.41) is 10.1. The highest BCUT2D eigenvalue weighted by Crippen LogP contribution is 2.26. The molecule has 0 aliphatic carbocycles. The van der Waals surface area contributed by atoms with Crippen molar-refractivity contribution in [3.63, 3.8) is 0 Å². The van der Waals surface area contributed by atoms with Gasteiger partial charge in [0, 0.05) is 23.4 Å². The minimum absolute atomic E-state index is 0.253. The van der Waals surface area contributed by atoms with Gasteiger partial charge in [0.2, 0.25) is 5.95 Å². The number of fused-ring (bicyclic) bond motifs is 1. The third-order valence-electron chi connectivity index (χ3n) is 3.24. The van der Waals surface area contributed by atoms with Gasteiger partial charge in [0.15, 0.2) is 5.16 Å². The van der Waals surface area contributed by atoms with Crippen LogP contribution in [0.1, 0.15) is 25.5 Å². The molecule has 5 nitrogen and oxygen atoms in total. The molecule has 0 bridgehead atoms. The van der Waals surface area contributed by atoms with Gasteiger partial charge in [0.05, 0.1) is 5.52 Å². The van der Waals surface area contributed by atoms with Crippen LogP contribution >= 0.6 is 11.8 Å². The molecule has 3 rings (SSSR count). The van der Waals surface area contributed by atoms with Gasteiger partial charge in [0.1, 0.15) is 0 Å². The third kappa shape index (κ3) is 2.85. The van der Waals surface area contributed by atoms with Gasteiger partial charge in [-0.15, -0.1) is 10.2 Å². The van der Waals surface area contributed by atoms with E-state index in [1.807, 2.05) is 22.9 Å². The highest BCUT2D eigenvalue weighted by molar-refractivity contribution is 7.98. The molecule has 0 fully saturated rings. The molecule has 1 aromatic carbocycles. The summed E-state index contributed by atoms with van der Waals surface area (Å²) in [5.41, 5.74) is 8.10. The minimum Gasteiger partial charge on any atom is -0.368 e. The summed E-state index contributed by atoms with van der Waals surface area (Å²) in [5.74, 6) is 1.30. The number of thioether (sulfide) groups is 1. The van der Waals surface area contributed by atoms with Crippen LogP contribution in [0.3, 0.4) is 0 Å². The van der Waals surface area contributed by atoms with Crippen molar-refractivity contribution in [1.29, 1.82) is 0 Å². The molecule has 108 valence electrons. The predicted molar refractivity (Wildman–Crippen MR) is 86.1 cm³/mol. The Morgan fingerprint density at radius 1 is 1.24 bits per heavy atom. The Kier molecular flexibility index (Phi) is 3.79. The lowest BCUT2D eigenvalue weighted by atomic mass is 10.1. The molecule has 0 aliphatic heterocycles. The van der Waals surface area contributed by atoms with Crippen LogP contribution in [0.25, 0.3) is 10.9 Å². The number of hydrogen-bond donors (Lipinski definition) is 1. The molecule has 0 aliphatic rings. The Balaban J connectivity index is 1.80. The summed E-state index contributed by atoms with van der Waals surface area (Å²) < 4.78 is 1.95. The lowest BCUT2D eigenvalue weighted by Crippen LogP contribution is -2.07. The Morgan fingerprint density at radius 3 is 2.90 bits per heavy atom. The largest absolute Gasteiger partial charge is 0.368 e. The van der Waals surface area contributed by atoms with Crippen molar-refractivity contribution in [2.75, 3.05) is 5.73 Å². The van der Waals surface area contributed by atoms with Crippen LogP contribution < -0.4 is 5.73 Å². The molecule has 0 amide bonds. The van der Waals surface area contributed by atoms with Gasteiger partial charge in [-0.3, -0.25) is 9.55 Å². The van der Waals surface area contributed by atoms with Crippen LogP contribution in [0, 0.1) is 0 Å². The van der Waals surface area contributed by atoms with Crippen molar-refractivity contribution < 1.29 is 0 Å². The van der Waals surface area contributed by atoms with E-state index >= 15 is 0 Å². The molecule has 2 heterocycles. The standard InChI is InChI=1S/C15H17N5S/c1-10(2)20-14(16)18-19-15(20)21-9-11-5-6-13-12(8-11)4-3-7-17-13/h3-8,10H,9H2,1-2H3,(H2,16,18). The number of aromatic nitrogens is 4. The molecule has 3 aromatic rings. The van der Waals surface area contributed by atoms with Crippen molar-refractivity contribution in [3.05, 3.63) is 42.1 Å². The number of nitrogen functional groups attached to an aromatic ring is 1. The molecular weight excluding hydrogens is 282 g/mol. The minimum atomic E-state index is 0.253. The summed E-state index contributed by atoms with van der Waals surface area (Å²) in [6.45, 7) is 4.15. The van der Waals surface area contributed by atoms with Crippen molar-refractivity contribution in [1.82, 2.24) is 19.7 Å². The van der Waals surface area contributed by atoms with E-state index in [-0.39, 0.29) is 6.04 Å². The maximum atomic E-state index is 5.85. The van der Waals surface area contributed by atoms with Crippen molar-refractivity contribution in [2.45, 2.75) is 30.8 Å². The van der Waals surface area contributed by atoms with E-state index in [0.29, 0.717) is 5.95 Å². The molecule has 6 heteroatoms. The van der Waals surface area contributed by atoms with E-state index in [2.05, 4.69) is 47.2 Å². The van der Waals surface area contributed by atoms with Gasteiger partial charge in [-0.25, -0.2) is 0 Å². The van der Waals surface area contributed by atoms with E-state index < -0.39 is 0 Å². The van der Waals surface area contributed by atoms with E-state index in [1.165, 1.54) is 5.56 Å². The Hall–Kier alpha value is -2.08. The molecule has 0 saturated heterocycles. The van der Waals surface area contributed by atoms with Gasteiger partial charge >= 0.3 is 0 Å². The first-order valence-electron chi connectivity index (χ1n) is 6.82. The van der Waals surface area contributed by atoms with Crippen molar-refractivity contribution >= 4 is 28.6 Å². The Morgan fingerprint density at radius 2 is 2.10 bits per heavy atom. The second-order valence-electron chi connectivity index (χ2n) is 5.12. The maximum absolute atomic E-state index is 5.85. The Bertz CT molecular complexity index is 766. The van der Waals surface area contributed by atoms with E-state index in [9.17, 15) is 0 Å². The van der Waals surface area contributed by atoms with Gasteiger partial charge in [0.25, 0.3) is 0 Å². The molecule has 0 unspecified atom stereocenters. The highest BCUT2D eigenvalue weighted by Gasteiger charge is 2.12. The summed E-state index contributed by atoms with van der Waals surface area (Å²) in [7, 11) is 0. The monoisotopic (exact) mass is 299 g/mol. The van der Waals surface area contributed by atoms with Crippen LogP contribution in [-0.2, 0) is 5.75 Å². The first-order valence-corrected chi connectivity index (χ1v) is 7.80. The molecule has 21 heavy (non-hydrogen) atoms. The van der Waals surface area contributed by atoms with Crippen molar-refractivity contribution in [2.24, 2.45) is 0 Å². The molecule has 2 aromatic heterocycles. The van der Waals surface area contributed by atoms with Crippen LogP contribution in [0.15, 0.2) is 41.7 Å². The zero-order valence-electron chi connectivity index (χ0n) is 12.0. The third-order valence-corrected chi connectivity index (χ3v) is 4.26. The number of nitrogens with zero attached hydrogens (tertiary/aromatic N) is 4. The fourth-order valence-electron chi connectivity index (χ4n) is 2.23. The van der Waals surface area contributed by atoms with Gasteiger partial charge < -0.3 is 5.73 Å². The average Bonchev–Trinajstić information content (AvgIpc) is 2.86. The lowest BCUT2D eigenvalue weighted by molar-refractivity contribution is 0.557. The number of benzene rings is 1. The van der Waals surface area contributed by atoms with Crippen LogP contribution in [0.4, 0.5) is 5.95 Å². The molecule has 2 N–H and O–H groups in total. The Labute approximate surface area is 127 Å². The van der Waals surface area contributed by atoms with Gasteiger partial charge in [-0.1, -0.05) is 23.9 Å². The zero-order chi connectivity index (χ0) is 14.8. The molecule has 0 saturated carbocycles. The second-order valence-corrected chi connectivity index (χ2v) is 6.07. The van der Waals surface area contributed by atoms with Crippen LogP contribution in [0.2, 0.25) is 0 Å². The number of hydrogen-bond acceptors (Lipinski definition) is 5. The topological polar surface area (TPSA) is 69.6 Å². The smallest absolute Gasteiger partial charge is 0.222 e. The van der Waals surface area contributed by atoms with Crippen LogP contribution in [0.5, 0.6) is 0 Å². The summed E-state index contributed by atoms with van der Waals surface area (Å²) in [6, 6.07) is 10.6. The summed E-state index contributed by atoms with van der Waals surface area (Å²) >= 11 is 1.65. The quantitative estimate of drug-likeness (QED) is 0.749. The molecule has 0 spiro atoms. The van der Waals surface area contributed by atoms with Crippen molar-refractivity contribution in [3.8, 4) is 0 Å². The maximum Gasteiger partial charge on any atom is 0.222 e. The predicted octanol–water partition coefficient (Wildman–Crippen LogP) is 3.28. The summed E-state index contributed by atoms with van der Waals surface area (Å²) in [6.07, 6.45) is 1.81.